The Morgan fingerprint density at radius 3 is 2.65 bits per heavy atom. The number of hydrogen-bond donors (Lipinski definition) is 2. The van der Waals surface area contributed by atoms with Crippen molar-refractivity contribution in [1.29, 1.82) is 0 Å². The Hall–Kier alpha value is -0.860. The van der Waals surface area contributed by atoms with E-state index in [1.54, 1.807) is 0 Å². The van der Waals surface area contributed by atoms with Gasteiger partial charge < -0.3 is 10.6 Å². The van der Waals surface area contributed by atoms with Crippen molar-refractivity contribution >= 4 is 0 Å². The Balaban J connectivity index is 1.58. The summed E-state index contributed by atoms with van der Waals surface area (Å²) in [4.78, 5) is 0. The van der Waals surface area contributed by atoms with Gasteiger partial charge in [-0.15, -0.1) is 0 Å². The van der Waals surface area contributed by atoms with Gasteiger partial charge in [0, 0.05) is 12.6 Å². The molecular weight excluding hydrogens is 208 g/mol. The summed E-state index contributed by atoms with van der Waals surface area (Å²) < 4.78 is 0. The molecular formula is C15H24N2. The third-order valence-electron chi connectivity index (χ3n) is 3.44. The molecule has 2 rings (SSSR count). The molecule has 0 unspecified atom stereocenters. The first-order chi connectivity index (χ1) is 8.25. The molecule has 1 aromatic rings. The van der Waals surface area contributed by atoms with Crippen molar-refractivity contribution in [3.05, 3.63) is 34.9 Å². The molecule has 1 aliphatic rings. The molecule has 2 N–H and O–H groups in total. The highest BCUT2D eigenvalue weighted by Crippen LogP contribution is 2.18. The van der Waals surface area contributed by atoms with Gasteiger partial charge in [-0.3, -0.25) is 0 Å². The number of aryl methyl sites for hydroxylation is 2. The standard InChI is InChI=1S/C15H24N2/c1-12-4-5-14(10-13(12)2)11-16-8-3-9-17-15-6-7-15/h4-5,10,15-17H,3,6-9,11H2,1-2H3. The predicted octanol–water partition coefficient (Wildman–Crippen LogP) is 2.54. The number of nitrogens with one attached hydrogen (secondary N) is 2. The lowest BCUT2D eigenvalue weighted by atomic mass is 10.1. The topological polar surface area (TPSA) is 24.1 Å². The zero-order valence-corrected chi connectivity index (χ0v) is 11.1. The van der Waals surface area contributed by atoms with E-state index in [0.29, 0.717) is 0 Å². The molecule has 0 aliphatic heterocycles. The van der Waals surface area contributed by atoms with Crippen molar-refractivity contribution in [3.63, 3.8) is 0 Å². The summed E-state index contributed by atoms with van der Waals surface area (Å²) in [6.45, 7) is 7.59. The van der Waals surface area contributed by atoms with Gasteiger partial charge in [0.15, 0.2) is 0 Å². The van der Waals surface area contributed by atoms with Crippen molar-refractivity contribution in [1.82, 2.24) is 10.6 Å². The molecule has 0 spiro atoms. The lowest BCUT2D eigenvalue weighted by molar-refractivity contribution is 0.593. The van der Waals surface area contributed by atoms with E-state index in [1.807, 2.05) is 0 Å². The summed E-state index contributed by atoms with van der Waals surface area (Å²) in [6.07, 6.45) is 3.99. The van der Waals surface area contributed by atoms with Crippen LogP contribution in [0.25, 0.3) is 0 Å². The maximum atomic E-state index is 3.53. The van der Waals surface area contributed by atoms with Crippen LogP contribution < -0.4 is 10.6 Å². The zero-order chi connectivity index (χ0) is 12.1. The normalized spacial score (nSPS) is 15.2. The van der Waals surface area contributed by atoms with Crippen molar-refractivity contribution in [3.8, 4) is 0 Å². The average Bonchev–Trinajstić information content (AvgIpc) is 3.12. The average molecular weight is 232 g/mol. The van der Waals surface area contributed by atoms with Crippen LogP contribution in [0, 0.1) is 13.8 Å². The summed E-state index contributed by atoms with van der Waals surface area (Å²) >= 11 is 0. The van der Waals surface area contributed by atoms with Gasteiger partial charge in [-0.2, -0.15) is 0 Å². The fraction of sp³-hybridized carbons (Fsp3) is 0.600. The molecule has 0 atom stereocenters. The Bertz CT molecular complexity index is 356. The first-order valence-electron chi connectivity index (χ1n) is 6.76. The first kappa shape index (κ1) is 12.6. The van der Waals surface area contributed by atoms with Crippen LogP contribution in [-0.4, -0.2) is 19.1 Å². The minimum atomic E-state index is 0.842. The summed E-state index contributed by atoms with van der Waals surface area (Å²) in [5, 5.41) is 7.03. The van der Waals surface area contributed by atoms with E-state index in [0.717, 1.165) is 25.7 Å². The van der Waals surface area contributed by atoms with Gasteiger partial charge >= 0.3 is 0 Å². The Labute approximate surface area is 105 Å². The van der Waals surface area contributed by atoms with Crippen LogP contribution in [0.3, 0.4) is 0 Å². The van der Waals surface area contributed by atoms with Crippen LogP contribution in [0.4, 0.5) is 0 Å². The van der Waals surface area contributed by atoms with E-state index >= 15 is 0 Å². The quantitative estimate of drug-likeness (QED) is 0.706. The van der Waals surface area contributed by atoms with Gasteiger partial charge in [0.05, 0.1) is 0 Å². The fourth-order valence-electron chi connectivity index (χ4n) is 1.95. The lowest BCUT2D eigenvalue weighted by Gasteiger charge is -2.07. The SMILES string of the molecule is Cc1ccc(CNCCCNC2CC2)cc1C. The maximum absolute atomic E-state index is 3.53. The van der Waals surface area contributed by atoms with Crippen LogP contribution in [0.5, 0.6) is 0 Å². The van der Waals surface area contributed by atoms with Gasteiger partial charge in [-0.1, -0.05) is 18.2 Å². The Morgan fingerprint density at radius 1 is 1.12 bits per heavy atom. The molecule has 0 heterocycles. The Kier molecular flexibility index (Phi) is 4.57. The molecule has 1 aromatic carbocycles. The lowest BCUT2D eigenvalue weighted by Crippen LogP contribution is -2.23. The third kappa shape index (κ3) is 4.49. The molecule has 0 radical (unpaired) electrons. The van der Waals surface area contributed by atoms with Gasteiger partial charge in [0.1, 0.15) is 0 Å². The second kappa shape index (κ2) is 6.18. The van der Waals surface area contributed by atoms with E-state index in [4.69, 9.17) is 0 Å². The molecule has 1 saturated carbocycles. The van der Waals surface area contributed by atoms with Crippen LogP contribution in [0.1, 0.15) is 36.0 Å². The Morgan fingerprint density at radius 2 is 1.94 bits per heavy atom. The molecule has 94 valence electrons. The summed E-state index contributed by atoms with van der Waals surface area (Å²) in [5.74, 6) is 0. The van der Waals surface area contributed by atoms with Gasteiger partial charge in [-0.25, -0.2) is 0 Å². The van der Waals surface area contributed by atoms with Gasteiger partial charge in [0.2, 0.25) is 0 Å². The van der Waals surface area contributed by atoms with Crippen molar-refractivity contribution < 1.29 is 0 Å². The molecule has 2 nitrogen and oxygen atoms in total. The van der Waals surface area contributed by atoms with Crippen LogP contribution in [0.2, 0.25) is 0 Å². The number of hydrogen-bond acceptors (Lipinski definition) is 2. The number of rotatable bonds is 7. The van der Waals surface area contributed by atoms with Gasteiger partial charge in [0.25, 0.3) is 0 Å². The molecule has 1 fully saturated rings. The van der Waals surface area contributed by atoms with E-state index in [9.17, 15) is 0 Å². The first-order valence-corrected chi connectivity index (χ1v) is 6.76. The smallest absolute Gasteiger partial charge is 0.0205 e. The molecule has 1 aliphatic carbocycles. The number of benzene rings is 1. The minimum Gasteiger partial charge on any atom is -0.314 e. The highest BCUT2D eigenvalue weighted by atomic mass is 14.9. The monoisotopic (exact) mass is 232 g/mol. The van der Waals surface area contributed by atoms with E-state index in [2.05, 4.69) is 42.7 Å². The largest absolute Gasteiger partial charge is 0.314 e. The third-order valence-corrected chi connectivity index (χ3v) is 3.44. The molecule has 0 aromatic heterocycles. The summed E-state index contributed by atoms with van der Waals surface area (Å²) in [6, 6.07) is 7.55. The van der Waals surface area contributed by atoms with Crippen molar-refractivity contribution in [2.24, 2.45) is 0 Å². The minimum absolute atomic E-state index is 0.842. The van der Waals surface area contributed by atoms with Crippen molar-refractivity contribution in [2.75, 3.05) is 13.1 Å². The molecule has 2 heteroatoms. The molecule has 0 amide bonds. The second-order valence-electron chi connectivity index (χ2n) is 5.18. The van der Waals surface area contributed by atoms with E-state index in [-0.39, 0.29) is 0 Å². The van der Waals surface area contributed by atoms with Crippen molar-refractivity contribution in [2.45, 2.75) is 45.7 Å². The summed E-state index contributed by atoms with van der Waals surface area (Å²) in [5.41, 5.74) is 4.16. The molecule has 0 saturated heterocycles. The van der Waals surface area contributed by atoms with Crippen LogP contribution >= 0.6 is 0 Å². The predicted molar refractivity (Wildman–Crippen MR) is 73.3 cm³/mol. The van der Waals surface area contributed by atoms with E-state index in [1.165, 1.54) is 36.0 Å². The maximum Gasteiger partial charge on any atom is 0.0205 e. The highest BCUT2D eigenvalue weighted by molar-refractivity contribution is 5.29. The van der Waals surface area contributed by atoms with Gasteiger partial charge in [-0.05, 0) is 62.9 Å². The van der Waals surface area contributed by atoms with Crippen LogP contribution in [0.15, 0.2) is 18.2 Å². The van der Waals surface area contributed by atoms with E-state index < -0.39 is 0 Å². The van der Waals surface area contributed by atoms with Crippen LogP contribution in [-0.2, 0) is 6.54 Å². The molecule has 0 bridgehead atoms. The highest BCUT2D eigenvalue weighted by Gasteiger charge is 2.19. The zero-order valence-electron chi connectivity index (χ0n) is 11.1. The summed E-state index contributed by atoms with van der Waals surface area (Å²) in [7, 11) is 0. The fourth-order valence-corrected chi connectivity index (χ4v) is 1.95. The second-order valence-corrected chi connectivity index (χ2v) is 5.18. The molecule has 17 heavy (non-hydrogen) atoms.